The van der Waals surface area contributed by atoms with E-state index in [0.717, 1.165) is 18.3 Å². The van der Waals surface area contributed by atoms with Gasteiger partial charge in [-0.25, -0.2) is 4.39 Å². The second-order valence-corrected chi connectivity index (χ2v) is 4.31. The first-order chi connectivity index (χ1) is 9.45. The molecule has 0 bridgehead atoms. The molecular formula is C14H12F4N2. The molecule has 0 saturated heterocycles. The average molecular weight is 284 g/mol. The molecular weight excluding hydrogens is 272 g/mol. The number of nitrogens with one attached hydrogen (secondary N) is 1. The SMILES string of the molecule is Fc1cncc(CNCc2cccc(C(F)(F)F)c2)c1. The minimum atomic E-state index is -4.34. The highest BCUT2D eigenvalue weighted by atomic mass is 19.4. The summed E-state index contributed by atoms with van der Waals surface area (Å²) < 4.78 is 50.5. The van der Waals surface area contributed by atoms with Crippen molar-refractivity contribution in [1.29, 1.82) is 0 Å². The zero-order valence-electron chi connectivity index (χ0n) is 10.4. The van der Waals surface area contributed by atoms with Gasteiger partial charge in [0.15, 0.2) is 0 Å². The van der Waals surface area contributed by atoms with E-state index in [2.05, 4.69) is 10.3 Å². The van der Waals surface area contributed by atoms with Gasteiger partial charge in [0.2, 0.25) is 0 Å². The number of aromatic nitrogens is 1. The van der Waals surface area contributed by atoms with Crippen LogP contribution in [0.1, 0.15) is 16.7 Å². The summed E-state index contributed by atoms with van der Waals surface area (Å²) in [6.45, 7) is 0.599. The van der Waals surface area contributed by atoms with Crippen LogP contribution in [0.3, 0.4) is 0 Å². The molecule has 0 aliphatic carbocycles. The summed E-state index contributed by atoms with van der Waals surface area (Å²) in [5.74, 6) is -0.441. The molecule has 0 saturated carbocycles. The maximum atomic E-state index is 12.9. The van der Waals surface area contributed by atoms with Gasteiger partial charge in [0.25, 0.3) is 0 Å². The molecule has 1 aromatic carbocycles. The van der Waals surface area contributed by atoms with E-state index in [9.17, 15) is 17.6 Å². The minimum absolute atomic E-state index is 0.264. The Kier molecular flexibility index (Phi) is 4.34. The van der Waals surface area contributed by atoms with Gasteiger partial charge in [-0.15, -0.1) is 0 Å². The van der Waals surface area contributed by atoms with E-state index in [1.165, 1.54) is 18.3 Å². The first-order valence-corrected chi connectivity index (χ1v) is 5.91. The van der Waals surface area contributed by atoms with Gasteiger partial charge in [0.1, 0.15) is 5.82 Å². The smallest absolute Gasteiger partial charge is 0.309 e. The Morgan fingerprint density at radius 3 is 2.45 bits per heavy atom. The van der Waals surface area contributed by atoms with Crippen LogP contribution < -0.4 is 5.32 Å². The predicted octanol–water partition coefficient (Wildman–Crippen LogP) is 3.53. The Bertz CT molecular complexity index is 581. The van der Waals surface area contributed by atoms with Gasteiger partial charge in [-0.05, 0) is 23.3 Å². The third kappa shape index (κ3) is 4.03. The molecule has 0 aliphatic rings. The molecule has 1 heterocycles. The van der Waals surface area contributed by atoms with Gasteiger partial charge in [0.05, 0.1) is 11.8 Å². The van der Waals surface area contributed by atoms with Crippen LogP contribution in [0.15, 0.2) is 42.7 Å². The van der Waals surface area contributed by atoms with Crippen molar-refractivity contribution >= 4 is 0 Å². The fourth-order valence-corrected chi connectivity index (χ4v) is 1.76. The molecule has 0 radical (unpaired) electrons. The van der Waals surface area contributed by atoms with Gasteiger partial charge in [-0.3, -0.25) is 4.98 Å². The summed E-state index contributed by atoms with van der Waals surface area (Å²) in [5.41, 5.74) is 0.477. The second-order valence-electron chi connectivity index (χ2n) is 4.31. The molecule has 6 heteroatoms. The highest BCUT2D eigenvalue weighted by molar-refractivity contribution is 5.25. The van der Waals surface area contributed by atoms with Crippen molar-refractivity contribution in [2.24, 2.45) is 0 Å². The fourth-order valence-electron chi connectivity index (χ4n) is 1.76. The Hall–Kier alpha value is -1.95. The molecule has 0 fully saturated rings. The van der Waals surface area contributed by atoms with Crippen molar-refractivity contribution in [1.82, 2.24) is 10.3 Å². The number of hydrogen-bond acceptors (Lipinski definition) is 2. The molecule has 20 heavy (non-hydrogen) atoms. The maximum absolute atomic E-state index is 12.9. The molecule has 106 valence electrons. The van der Waals surface area contributed by atoms with Crippen molar-refractivity contribution in [2.75, 3.05) is 0 Å². The van der Waals surface area contributed by atoms with Gasteiger partial charge >= 0.3 is 6.18 Å². The molecule has 2 aromatic rings. The Labute approximate surface area is 113 Å². The lowest BCUT2D eigenvalue weighted by Gasteiger charge is -2.09. The molecule has 1 N–H and O–H groups in total. The lowest BCUT2D eigenvalue weighted by Crippen LogP contribution is -2.14. The van der Waals surface area contributed by atoms with Crippen molar-refractivity contribution < 1.29 is 17.6 Å². The number of nitrogens with zero attached hydrogens (tertiary/aromatic N) is 1. The van der Waals surface area contributed by atoms with E-state index >= 15 is 0 Å². The standard InChI is InChI=1S/C14H12F4N2/c15-13-5-11(8-20-9-13)7-19-6-10-2-1-3-12(4-10)14(16,17)18/h1-5,8-9,19H,6-7H2. The molecule has 0 atom stereocenters. The van der Waals surface area contributed by atoms with E-state index in [1.807, 2.05) is 0 Å². The lowest BCUT2D eigenvalue weighted by molar-refractivity contribution is -0.137. The Morgan fingerprint density at radius 1 is 1.00 bits per heavy atom. The Balaban J connectivity index is 1.94. The van der Waals surface area contributed by atoms with Gasteiger partial charge in [-0.2, -0.15) is 13.2 Å². The largest absolute Gasteiger partial charge is 0.416 e. The summed E-state index contributed by atoms with van der Waals surface area (Å²) in [6, 6.07) is 6.42. The average Bonchev–Trinajstić information content (AvgIpc) is 2.38. The number of benzene rings is 1. The number of alkyl halides is 3. The van der Waals surface area contributed by atoms with Crippen LogP contribution in [0.4, 0.5) is 17.6 Å². The first kappa shape index (κ1) is 14.5. The monoisotopic (exact) mass is 284 g/mol. The minimum Gasteiger partial charge on any atom is -0.309 e. The predicted molar refractivity (Wildman–Crippen MR) is 66.2 cm³/mol. The van der Waals surface area contributed by atoms with E-state index < -0.39 is 17.6 Å². The van der Waals surface area contributed by atoms with Crippen LogP contribution >= 0.6 is 0 Å². The van der Waals surface area contributed by atoms with E-state index in [0.29, 0.717) is 17.7 Å². The Morgan fingerprint density at radius 2 is 1.75 bits per heavy atom. The van der Waals surface area contributed by atoms with Crippen LogP contribution in [-0.4, -0.2) is 4.98 Å². The van der Waals surface area contributed by atoms with Gasteiger partial charge in [0, 0.05) is 19.3 Å². The van der Waals surface area contributed by atoms with E-state index in [-0.39, 0.29) is 6.54 Å². The van der Waals surface area contributed by atoms with Gasteiger partial charge in [-0.1, -0.05) is 18.2 Å². The molecule has 0 spiro atoms. The normalized spacial score (nSPS) is 11.6. The lowest BCUT2D eigenvalue weighted by atomic mass is 10.1. The second kappa shape index (κ2) is 6.00. The number of pyridine rings is 1. The van der Waals surface area contributed by atoms with Crippen molar-refractivity contribution in [2.45, 2.75) is 19.3 Å². The zero-order valence-corrected chi connectivity index (χ0v) is 10.4. The summed E-state index contributed by atoms with van der Waals surface area (Å²) >= 11 is 0. The van der Waals surface area contributed by atoms with E-state index in [1.54, 1.807) is 6.07 Å². The molecule has 0 aliphatic heterocycles. The highest BCUT2D eigenvalue weighted by Crippen LogP contribution is 2.29. The topological polar surface area (TPSA) is 24.9 Å². The van der Waals surface area contributed by atoms with Crippen molar-refractivity contribution in [3.8, 4) is 0 Å². The maximum Gasteiger partial charge on any atom is 0.416 e. The summed E-state index contributed by atoms with van der Waals surface area (Å²) in [6.07, 6.45) is -1.75. The first-order valence-electron chi connectivity index (χ1n) is 5.91. The molecule has 2 rings (SSSR count). The van der Waals surface area contributed by atoms with Crippen LogP contribution in [0.25, 0.3) is 0 Å². The van der Waals surface area contributed by atoms with Crippen LogP contribution in [-0.2, 0) is 19.3 Å². The summed E-state index contributed by atoms with van der Waals surface area (Å²) in [4.78, 5) is 3.69. The number of halogens is 4. The van der Waals surface area contributed by atoms with E-state index in [4.69, 9.17) is 0 Å². The van der Waals surface area contributed by atoms with Crippen molar-refractivity contribution in [3.05, 3.63) is 65.2 Å². The molecule has 0 amide bonds. The molecule has 1 aromatic heterocycles. The third-order valence-corrected chi connectivity index (χ3v) is 2.67. The van der Waals surface area contributed by atoms with Gasteiger partial charge < -0.3 is 5.32 Å². The van der Waals surface area contributed by atoms with Crippen molar-refractivity contribution in [3.63, 3.8) is 0 Å². The van der Waals surface area contributed by atoms with Crippen LogP contribution in [0, 0.1) is 5.82 Å². The van der Waals surface area contributed by atoms with Crippen LogP contribution in [0.2, 0.25) is 0 Å². The summed E-state index contributed by atoms with van der Waals surface area (Å²) in [7, 11) is 0. The summed E-state index contributed by atoms with van der Waals surface area (Å²) in [5, 5.41) is 2.95. The zero-order chi connectivity index (χ0) is 14.6. The molecule has 0 unspecified atom stereocenters. The number of hydrogen-bond donors (Lipinski definition) is 1. The third-order valence-electron chi connectivity index (χ3n) is 2.67. The van der Waals surface area contributed by atoms with Crippen LogP contribution in [0.5, 0.6) is 0 Å². The quantitative estimate of drug-likeness (QED) is 0.869. The highest BCUT2D eigenvalue weighted by Gasteiger charge is 2.30. The number of rotatable bonds is 4. The fraction of sp³-hybridized carbons (Fsp3) is 0.214. The molecule has 2 nitrogen and oxygen atoms in total.